The molecule has 0 radical (unpaired) electrons. The van der Waals surface area contributed by atoms with Crippen LogP contribution in [-0.4, -0.2) is 94.9 Å². The maximum atomic E-state index is 13.9. The number of fused-ring (bicyclic) bond motifs is 1. The van der Waals surface area contributed by atoms with E-state index >= 15 is 0 Å². The molecular formula is C36H28MgO16. The molecule has 4 aromatic carbocycles. The van der Waals surface area contributed by atoms with Crippen molar-refractivity contribution in [3.63, 3.8) is 0 Å². The number of carboxylic acids is 2. The van der Waals surface area contributed by atoms with Crippen molar-refractivity contribution in [3.8, 4) is 46.0 Å². The third kappa shape index (κ3) is 8.94. The van der Waals surface area contributed by atoms with Gasteiger partial charge in [0.05, 0.1) is 11.9 Å². The van der Waals surface area contributed by atoms with Gasteiger partial charge in [0.1, 0.15) is 24.2 Å². The minimum absolute atomic E-state index is 0. The number of rotatable bonds is 12. The molecule has 16 nitrogen and oxygen atoms in total. The summed E-state index contributed by atoms with van der Waals surface area (Å²) in [6.45, 7) is 0. The van der Waals surface area contributed by atoms with E-state index in [0.29, 0.717) is 0 Å². The smallest absolute Gasteiger partial charge is 0.546 e. The summed E-state index contributed by atoms with van der Waals surface area (Å²) in [4.78, 5) is 50.6. The van der Waals surface area contributed by atoms with Gasteiger partial charge in [-0.05, 0) is 70.8 Å². The molecule has 17 heteroatoms. The van der Waals surface area contributed by atoms with Crippen LogP contribution in [0.3, 0.4) is 0 Å². The monoisotopic (exact) mass is 740 g/mol. The van der Waals surface area contributed by atoms with Crippen molar-refractivity contribution in [1.29, 1.82) is 0 Å². The summed E-state index contributed by atoms with van der Waals surface area (Å²) in [5, 5.41) is 93.3. The zero-order valence-corrected chi connectivity index (χ0v) is 28.7. The molecule has 53 heavy (non-hydrogen) atoms. The molecular weight excluding hydrogens is 713 g/mol. The summed E-state index contributed by atoms with van der Waals surface area (Å²) in [5.41, 5.74) is 0.269. The number of hydrogen-bond acceptors (Lipinski definition) is 16. The van der Waals surface area contributed by atoms with Gasteiger partial charge in [-0.3, -0.25) is 4.79 Å². The number of carbonyl (C=O) groups excluding carboxylic acids is 4. The SMILES string of the molecule is O=C(/C=C/c1ccc(O)c2c1[C@@H](C(=O)O[C@H](Cc1ccc(O)c(O)c1)C(=O)[O-])[C@H](c1ccc(O)c(O)c1)O2)O[C@H](Cc1ccc(O)c(O)c1)C(=O)[O-].[Mg+2]. The first-order valence-electron chi connectivity index (χ1n) is 15.2. The molecule has 0 spiro atoms. The number of benzene rings is 4. The van der Waals surface area contributed by atoms with Crippen molar-refractivity contribution in [1.82, 2.24) is 0 Å². The van der Waals surface area contributed by atoms with Crippen LogP contribution >= 0.6 is 0 Å². The molecule has 4 aromatic rings. The van der Waals surface area contributed by atoms with Crippen LogP contribution in [0.2, 0.25) is 0 Å². The molecule has 0 aliphatic carbocycles. The maximum absolute atomic E-state index is 13.9. The summed E-state index contributed by atoms with van der Waals surface area (Å²) in [5.74, 6) is -11.6. The number of aromatic hydroxyl groups is 7. The first-order valence-corrected chi connectivity index (χ1v) is 15.2. The quantitative estimate of drug-likeness (QED) is 0.0444. The van der Waals surface area contributed by atoms with E-state index in [1.165, 1.54) is 24.3 Å². The van der Waals surface area contributed by atoms with E-state index in [9.17, 15) is 65.1 Å². The van der Waals surface area contributed by atoms with Crippen LogP contribution in [0.4, 0.5) is 0 Å². The fourth-order valence-corrected chi connectivity index (χ4v) is 5.48. The summed E-state index contributed by atoms with van der Waals surface area (Å²) >= 11 is 0. The Morgan fingerprint density at radius 1 is 0.660 bits per heavy atom. The van der Waals surface area contributed by atoms with Crippen molar-refractivity contribution >= 4 is 53.0 Å². The minimum atomic E-state index is -1.96. The zero-order chi connectivity index (χ0) is 37.9. The van der Waals surface area contributed by atoms with Crippen LogP contribution in [0, 0.1) is 0 Å². The van der Waals surface area contributed by atoms with Crippen molar-refractivity contribution < 1.29 is 79.3 Å². The van der Waals surface area contributed by atoms with Crippen LogP contribution in [-0.2, 0) is 41.5 Å². The number of ether oxygens (including phenoxy) is 3. The van der Waals surface area contributed by atoms with E-state index in [1.54, 1.807) is 0 Å². The van der Waals surface area contributed by atoms with Gasteiger partial charge in [-0.1, -0.05) is 24.3 Å². The van der Waals surface area contributed by atoms with Gasteiger partial charge in [0, 0.05) is 24.5 Å². The molecule has 1 heterocycles. The third-order valence-electron chi connectivity index (χ3n) is 8.01. The number of carbonyl (C=O) groups is 4. The largest absolute Gasteiger partial charge is 2.00 e. The fourth-order valence-electron chi connectivity index (χ4n) is 5.48. The Bertz CT molecular complexity index is 2090. The Kier molecular flexibility index (Phi) is 12.2. The summed E-state index contributed by atoms with van der Waals surface area (Å²) in [7, 11) is 0. The second-order valence-corrected chi connectivity index (χ2v) is 11.6. The molecule has 1 aliphatic rings. The summed E-state index contributed by atoms with van der Waals surface area (Å²) in [6.07, 6.45) is -4.31. The second kappa shape index (κ2) is 16.3. The van der Waals surface area contributed by atoms with Crippen molar-refractivity contribution in [2.75, 3.05) is 0 Å². The predicted octanol–water partition coefficient (Wildman–Crippen LogP) is 0.284. The van der Waals surface area contributed by atoms with Gasteiger partial charge in [-0.15, -0.1) is 0 Å². The van der Waals surface area contributed by atoms with Gasteiger partial charge in [-0.2, -0.15) is 0 Å². The minimum Gasteiger partial charge on any atom is -0.546 e. The Labute approximate surface area is 315 Å². The van der Waals surface area contributed by atoms with E-state index in [1.807, 2.05) is 0 Å². The Balaban J connectivity index is 0.00000627. The average molecular weight is 741 g/mol. The van der Waals surface area contributed by atoms with Crippen LogP contribution in [0.1, 0.15) is 39.8 Å². The molecule has 0 aromatic heterocycles. The van der Waals surface area contributed by atoms with Gasteiger partial charge in [0.25, 0.3) is 0 Å². The van der Waals surface area contributed by atoms with Crippen molar-refractivity contribution in [2.45, 2.75) is 37.1 Å². The Morgan fingerprint density at radius 2 is 1.15 bits per heavy atom. The van der Waals surface area contributed by atoms with E-state index in [2.05, 4.69) is 0 Å². The molecule has 5 rings (SSSR count). The predicted molar refractivity (Wildman–Crippen MR) is 176 cm³/mol. The number of hydrogen-bond donors (Lipinski definition) is 7. The van der Waals surface area contributed by atoms with E-state index in [4.69, 9.17) is 14.2 Å². The molecule has 0 saturated carbocycles. The number of phenolic OH excluding ortho intramolecular Hbond substituents is 7. The maximum Gasteiger partial charge on any atom is 2.00 e. The van der Waals surface area contributed by atoms with Gasteiger partial charge in [0.2, 0.25) is 0 Å². The van der Waals surface area contributed by atoms with Crippen LogP contribution in [0.15, 0.2) is 72.8 Å². The van der Waals surface area contributed by atoms with Crippen molar-refractivity contribution in [3.05, 3.63) is 101 Å². The van der Waals surface area contributed by atoms with Crippen LogP contribution < -0.4 is 14.9 Å². The summed E-state index contributed by atoms with van der Waals surface area (Å²) < 4.78 is 16.3. The number of aliphatic carboxylic acids is 2. The number of phenols is 7. The van der Waals surface area contributed by atoms with Gasteiger partial charge >= 0.3 is 35.0 Å². The van der Waals surface area contributed by atoms with Gasteiger partial charge in [0.15, 0.2) is 46.0 Å². The van der Waals surface area contributed by atoms with Crippen LogP contribution in [0.5, 0.6) is 46.0 Å². The van der Waals surface area contributed by atoms with Gasteiger partial charge < -0.3 is 69.8 Å². The first-order chi connectivity index (χ1) is 24.6. The molecule has 0 fully saturated rings. The van der Waals surface area contributed by atoms with E-state index in [-0.39, 0.29) is 56.6 Å². The number of esters is 2. The standard InChI is InChI=1S/C36H30O16.Mg/c37-20-6-1-16(11-24(20)41)13-27(34(45)46)50-29(44)10-5-18-3-9-23(40)33-30(18)31(32(52-33)19-4-8-22(39)26(43)15-19)36(49)51-28(35(47)48)14-17-2-7-21(38)25(42)12-17;/h1-12,15,27-28,31-32,37-43H,13-14H2,(H,45,46)(H,47,48);/q;+2/p-2/b10-5+;/t27-,28-,31-,32+;/m1./s1. The van der Waals surface area contributed by atoms with Crippen LogP contribution in [0.25, 0.3) is 6.08 Å². The Hall–Kier alpha value is -6.33. The van der Waals surface area contributed by atoms with Gasteiger partial charge in [-0.25, -0.2) is 4.79 Å². The van der Waals surface area contributed by atoms with E-state index < -0.39 is 101 Å². The fraction of sp³-hybridized carbons (Fsp3) is 0.167. The topological polar surface area (TPSA) is 284 Å². The molecule has 1 aliphatic heterocycles. The third-order valence-corrected chi connectivity index (χ3v) is 8.01. The molecule has 0 unspecified atom stereocenters. The zero-order valence-electron chi connectivity index (χ0n) is 27.2. The first kappa shape index (κ1) is 39.5. The molecule has 4 atom stereocenters. The molecule has 7 N–H and O–H groups in total. The average Bonchev–Trinajstić information content (AvgIpc) is 3.50. The second-order valence-electron chi connectivity index (χ2n) is 11.6. The number of carboxylic acid groups (broad SMARTS) is 2. The molecule has 0 saturated heterocycles. The normalized spacial score (nSPS) is 15.7. The molecule has 270 valence electrons. The molecule has 0 bridgehead atoms. The van der Waals surface area contributed by atoms with E-state index in [0.717, 1.165) is 54.6 Å². The molecule has 0 amide bonds. The summed E-state index contributed by atoms with van der Waals surface area (Å²) in [6, 6.07) is 12.7. The van der Waals surface area contributed by atoms with Crippen molar-refractivity contribution in [2.24, 2.45) is 0 Å². The Morgan fingerprint density at radius 3 is 1.66 bits per heavy atom.